The Bertz CT molecular complexity index is 1260. The Morgan fingerprint density at radius 1 is 0.971 bits per heavy atom. The zero-order valence-electron chi connectivity index (χ0n) is 20.0. The highest BCUT2D eigenvalue weighted by molar-refractivity contribution is 5.83. The minimum atomic E-state index is -0.282. The van der Waals surface area contributed by atoms with E-state index in [2.05, 4.69) is 9.80 Å². The van der Waals surface area contributed by atoms with E-state index in [1.807, 2.05) is 30.3 Å². The lowest BCUT2D eigenvalue weighted by Gasteiger charge is -2.25. The van der Waals surface area contributed by atoms with E-state index in [-0.39, 0.29) is 17.5 Å². The highest BCUT2D eigenvalue weighted by Crippen LogP contribution is 2.29. The van der Waals surface area contributed by atoms with Crippen molar-refractivity contribution in [3.05, 3.63) is 64.8 Å². The molecule has 3 saturated heterocycles. The lowest BCUT2D eigenvalue weighted by molar-refractivity contribution is 0.00749. The van der Waals surface area contributed by atoms with Crippen LogP contribution in [0.1, 0.15) is 32.1 Å². The summed E-state index contributed by atoms with van der Waals surface area (Å²) < 4.78 is 28.3. The summed E-state index contributed by atoms with van der Waals surface area (Å²) in [7, 11) is 0. The second kappa shape index (κ2) is 9.63. The summed E-state index contributed by atoms with van der Waals surface area (Å²) >= 11 is 0. The summed E-state index contributed by atoms with van der Waals surface area (Å²) in [6, 6.07) is 13.0. The fourth-order valence-corrected chi connectivity index (χ4v) is 5.77. The van der Waals surface area contributed by atoms with Gasteiger partial charge in [0.05, 0.1) is 18.0 Å². The highest BCUT2D eigenvalue weighted by atomic mass is 19.1. The second-order valence-electron chi connectivity index (χ2n) is 9.96. The predicted octanol–water partition coefficient (Wildman–Crippen LogP) is 4.36. The Hall–Kier alpha value is -2.90. The molecule has 0 amide bonds. The van der Waals surface area contributed by atoms with Gasteiger partial charge in [-0.25, -0.2) is 4.39 Å². The van der Waals surface area contributed by atoms with Crippen LogP contribution >= 0.6 is 0 Å². The van der Waals surface area contributed by atoms with Crippen molar-refractivity contribution in [3.63, 3.8) is 0 Å². The quantitative estimate of drug-likeness (QED) is 0.547. The van der Waals surface area contributed by atoms with Gasteiger partial charge in [-0.05, 0) is 87.0 Å². The summed E-state index contributed by atoms with van der Waals surface area (Å²) in [5, 5.41) is 1.39. The van der Waals surface area contributed by atoms with E-state index < -0.39 is 0 Å². The third-order valence-corrected chi connectivity index (χ3v) is 7.67. The summed E-state index contributed by atoms with van der Waals surface area (Å²) in [6.07, 6.45) is 7.33. The molecule has 0 aliphatic carbocycles. The van der Waals surface area contributed by atoms with Crippen LogP contribution in [0.25, 0.3) is 16.5 Å². The maximum absolute atomic E-state index is 15.2. The van der Waals surface area contributed by atoms with Crippen molar-refractivity contribution in [2.75, 3.05) is 44.3 Å². The number of pyridine rings is 1. The van der Waals surface area contributed by atoms with Gasteiger partial charge < -0.3 is 14.4 Å². The fraction of sp³-hybridized carbons (Fsp3) is 0.464. The van der Waals surface area contributed by atoms with Crippen molar-refractivity contribution in [3.8, 4) is 11.4 Å². The van der Waals surface area contributed by atoms with Gasteiger partial charge in [-0.1, -0.05) is 0 Å². The van der Waals surface area contributed by atoms with Gasteiger partial charge in [-0.2, -0.15) is 0 Å². The average molecular weight is 478 g/mol. The number of rotatable bonds is 5. The van der Waals surface area contributed by atoms with E-state index in [9.17, 15) is 4.79 Å². The smallest absolute Gasteiger partial charge is 0.262 e. The Labute approximate surface area is 204 Å². The fourth-order valence-electron chi connectivity index (χ4n) is 5.77. The number of nitrogens with zero attached hydrogens (tertiary/aromatic N) is 3. The van der Waals surface area contributed by atoms with Gasteiger partial charge in [-0.15, -0.1) is 0 Å². The van der Waals surface area contributed by atoms with Crippen LogP contribution in [0, 0.1) is 5.82 Å². The molecule has 2 atom stereocenters. The number of aromatic nitrogens is 1. The lowest BCUT2D eigenvalue weighted by atomic mass is 10.1. The van der Waals surface area contributed by atoms with Gasteiger partial charge >= 0.3 is 0 Å². The van der Waals surface area contributed by atoms with Crippen molar-refractivity contribution in [2.24, 2.45) is 0 Å². The number of anilines is 1. The molecule has 4 heterocycles. The summed E-state index contributed by atoms with van der Waals surface area (Å²) in [4.78, 5) is 17.9. The van der Waals surface area contributed by atoms with Crippen LogP contribution < -0.4 is 15.2 Å². The molecule has 0 saturated carbocycles. The van der Waals surface area contributed by atoms with Gasteiger partial charge in [0.25, 0.3) is 5.56 Å². The molecule has 3 fully saturated rings. The van der Waals surface area contributed by atoms with E-state index in [0.29, 0.717) is 29.4 Å². The molecule has 0 radical (unpaired) electrons. The molecule has 6 rings (SSSR count). The molecule has 0 bridgehead atoms. The molecular formula is C28H32FN3O3. The summed E-state index contributed by atoms with van der Waals surface area (Å²) in [6.45, 7) is 5.43. The molecule has 2 unspecified atom stereocenters. The lowest BCUT2D eigenvalue weighted by Crippen LogP contribution is -2.35. The minimum absolute atomic E-state index is 0.0456. The van der Waals surface area contributed by atoms with Gasteiger partial charge in [0, 0.05) is 43.4 Å². The maximum Gasteiger partial charge on any atom is 0.262 e. The molecule has 184 valence electrons. The third kappa shape index (κ3) is 4.55. The van der Waals surface area contributed by atoms with Crippen LogP contribution in [0.5, 0.6) is 5.75 Å². The SMILES string of the molecule is O=c1c2ccc(OC3CCCOC3)cc2ccn1-c1ccc(N2CCC(N3CCCC3)C2)c(F)c1. The Morgan fingerprint density at radius 3 is 2.66 bits per heavy atom. The first kappa shape index (κ1) is 22.6. The molecule has 2 aromatic carbocycles. The Kier molecular flexibility index (Phi) is 6.20. The molecule has 3 aromatic rings. The van der Waals surface area contributed by atoms with Crippen molar-refractivity contribution >= 4 is 16.5 Å². The topological polar surface area (TPSA) is 46.9 Å². The first-order chi connectivity index (χ1) is 17.2. The molecule has 7 heteroatoms. The standard InChI is InChI=1S/C28H32FN3O3/c29-26-17-21(5-8-27(26)31-13-10-22(18-31)30-11-1-2-12-30)32-14-9-20-16-23(6-7-25(20)28(32)33)35-24-4-3-15-34-19-24/h5-9,14,16-17,22,24H,1-4,10-13,15,18-19H2. The molecule has 1 aromatic heterocycles. The van der Waals surface area contributed by atoms with Crippen LogP contribution in [0.3, 0.4) is 0 Å². The van der Waals surface area contributed by atoms with Crippen molar-refractivity contribution in [1.82, 2.24) is 9.47 Å². The van der Waals surface area contributed by atoms with Crippen LogP contribution in [0.15, 0.2) is 53.5 Å². The molecule has 35 heavy (non-hydrogen) atoms. The van der Waals surface area contributed by atoms with Gasteiger partial charge in [0.15, 0.2) is 0 Å². The average Bonchev–Trinajstić information content (AvgIpc) is 3.57. The monoisotopic (exact) mass is 477 g/mol. The molecule has 3 aliphatic rings. The maximum atomic E-state index is 15.2. The van der Waals surface area contributed by atoms with E-state index in [4.69, 9.17) is 9.47 Å². The molecule has 3 aliphatic heterocycles. The zero-order chi connectivity index (χ0) is 23.8. The van der Waals surface area contributed by atoms with E-state index >= 15 is 4.39 Å². The van der Waals surface area contributed by atoms with Crippen molar-refractivity contribution in [1.29, 1.82) is 0 Å². The largest absolute Gasteiger partial charge is 0.488 e. The summed E-state index contributed by atoms with van der Waals surface area (Å²) in [5.74, 6) is 0.452. The number of likely N-dealkylation sites (tertiary alicyclic amines) is 1. The van der Waals surface area contributed by atoms with Gasteiger partial charge in [0.2, 0.25) is 0 Å². The third-order valence-electron chi connectivity index (χ3n) is 7.67. The molecule has 0 spiro atoms. The highest BCUT2D eigenvalue weighted by Gasteiger charge is 2.30. The van der Waals surface area contributed by atoms with Gasteiger partial charge in [-0.3, -0.25) is 14.3 Å². The van der Waals surface area contributed by atoms with Crippen LogP contribution in [0.4, 0.5) is 10.1 Å². The van der Waals surface area contributed by atoms with E-state index in [1.165, 1.54) is 23.5 Å². The number of halogens is 1. The summed E-state index contributed by atoms with van der Waals surface area (Å²) in [5.41, 5.74) is 0.989. The number of hydrogen-bond acceptors (Lipinski definition) is 5. The Balaban J connectivity index is 1.21. The van der Waals surface area contributed by atoms with Crippen molar-refractivity contribution in [2.45, 2.75) is 44.2 Å². The number of benzene rings is 2. The van der Waals surface area contributed by atoms with E-state index in [1.54, 1.807) is 12.3 Å². The first-order valence-electron chi connectivity index (χ1n) is 12.8. The Morgan fingerprint density at radius 2 is 1.86 bits per heavy atom. The molecule has 0 N–H and O–H groups in total. The predicted molar refractivity (Wildman–Crippen MR) is 135 cm³/mol. The number of hydrogen-bond donors (Lipinski definition) is 0. The van der Waals surface area contributed by atoms with Crippen LogP contribution in [-0.2, 0) is 4.74 Å². The van der Waals surface area contributed by atoms with Crippen molar-refractivity contribution < 1.29 is 13.9 Å². The first-order valence-corrected chi connectivity index (χ1v) is 12.8. The second-order valence-corrected chi connectivity index (χ2v) is 9.96. The van der Waals surface area contributed by atoms with Crippen LogP contribution in [-0.4, -0.2) is 61.0 Å². The minimum Gasteiger partial charge on any atom is -0.488 e. The number of fused-ring (bicyclic) bond motifs is 1. The molecule has 6 nitrogen and oxygen atoms in total. The zero-order valence-corrected chi connectivity index (χ0v) is 20.0. The van der Waals surface area contributed by atoms with E-state index in [0.717, 1.165) is 63.2 Å². The normalized spacial score (nSPS) is 23.3. The van der Waals surface area contributed by atoms with Crippen LogP contribution in [0.2, 0.25) is 0 Å². The molecular weight excluding hydrogens is 445 g/mol. The number of ether oxygens (including phenoxy) is 2. The van der Waals surface area contributed by atoms with Gasteiger partial charge in [0.1, 0.15) is 17.7 Å².